The number of nitrogens with zero attached hydrogens (tertiary/aromatic N) is 4. The number of ether oxygens (including phenoxy) is 3. The SMILES string of the molecule is CC(C)(C)OC(=O)N[C@H]1CCCCC/C=C\[C@@H]2C[C@@]2(C(=O)NS(=O)(=O)N2CCCC2)NC(=O)C2C[C@@H](OC(=O)N3CCc4ccccc4[C@H]3CN3CCOCC3)CN2C1=O. The number of carbonyl (C=O) groups is 5. The molecule has 60 heavy (non-hydrogen) atoms. The molecular formula is C42H61N7O10S. The maximum atomic E-state index is 14.6. The summed E-state index contributed by atoms with van der Waals surface area (Å²) in [5.74, 6) is -2.56. The molecule has 1 aliphatic carbocycles. The van der Waals surface area contributed by atoms with E-state index in [4.69, 9.17) is 14.2 Å². The molecule has 0 aromatic heterocycles. The first-order valence-electron chi connectivity index (χ1n) is 21.6. The normalized spacial score (nSPS) is 30.1. The molecule has 6 aliphatic rings. The molecule has 1 aromatic rings. The van der Waals surface area contributed by atoms with Gasteiger partial charge in [-0.2, -0.15) is 12.7 Å². The van der Waals surface area contributed by atoms with Gasteiger partial charge in [-0.3, -0.25) is 24.2 Å². The van der Waals surface area contributed by atoms with Crippen LogP contribution in [0.5, 0.6) is 0 Å². The third-order valence-corrected chi connectivity index (χ3v) is 13.9. The number of hydrogen-bond donors (Lipinski definition) is 3. The van der Waals surface area contributed by atoms with Gasteiger partial charge in [-0.1, -0.05) is 49.3 Å². The van der Waals surface area contributed by atoms with Gasteiger partial charge in [0.2, 0.25) is 11.8 Å². The van der Waals surface area contributed by atoms with E-state index >= 15 is 0 Å². The van der Waals surface area contributed by atoms with E-state index < -0.39 is 75.4 Å². The van der Waals surface area contributed by atoms with Crippen LogP contribution in [0.25, 0.3) is 0 Å². The van der Waals surface area contributed by atoms with Crippen LogP contribution in [0.4, 0.5) is 9.59 Å². The van der Waals surface area contributed by atoms with Gasteiger partial charge in [-0.25, -0.2) is 14.3 Å². The molecule has 17 nitrogen and oxygen atoms in total. The Morgan fingerprint density at radius 3 is 2.48 bits per heavy atom. The minimum absolute atomic E-state index is 0.0781. The zero-order valence-electron chi connectivity index (χ0n) is 35.1. The standard InChI is InChI=1S/C42H61N7O10S/c1-41(2,3)59-39(53)43-33-16-8-6-4-5-7-14-30-26-42(30,38(52)45-60(55,56)47-18-11-12-19-47)44-36(50)34-25-31(27-49(34)37(33)51)58-40(54)48-20-17-29-13-9-10-15-32(29)35(48)28-46-21-23-57-24-22-46/h7,9-10,13-15,30-31,33-35H,4-6,8,11-12,16-28H2,1-3H3,(H,43,53)(H,44,50)(H,45,52)/b14-7-/t30-,31-,33+,34?,35-,42-/m1/s1. The number of nitrogens with one attached hydrogen (secondary N) is 3. The Hall–Kier alpha value is -4.26. The number of carbonyl (C=O) groups excluding carboxylic acids is 5. The Morgan fingerprint density at radius 1 is 0.983 bits per heavy atom. The number of benzene rings is 1. The molecule has 0 radical (unpaired) electrons. The van der Waals surface area contributed by atoms with Gasteiger partial charge in [0.05, 0.1) is 25.8 Å². The molecule has 1 aromatic carbocycles. The van der Waals surface area contributed by atoms with Crippen LogP contribution in [-0.2, 0) is 45.2 Å². The topological polar surface area (TPSA) is 196 Å². The maximum absolute atomic E-state index is 14.6. The molecule has 1 unspecified atom stereocenters. The first-order valence-corrected chi connectivity index (χ1v) is 23.0. The summed E-state index contributed by atoms with van der Waals surface area (Å²) in [5.41, 5.74) is -0.204. The van der Waals surface area contributed by atoms with E-state index in [0.717, 1.165) is 37.1 Å². The monoisotopic (exact) mass is 855 g/mol. The summed E-state index contributed by atoms with van der Waals surface area (Å²) in [6.45, 7) is 9.28. The van der Waals surface area contributed by atoms with E-state index in [2.05, 4.69) is 26.3 Å². The summed E-state index contributed by atoms with van der Waals surface area (Å²) in [7, 11) is -4.16. The van der Waals surface area contributed by atoms with Gasteiger partial charge < -0.3 is 29.7 Å². The smallest absolute Gasteiger partial charge is 0.410 e. The Bertz CT molecular complexity index is 1910. The lowest BCUT2D eigenvalue weighted by molar-refractivity contribution is -0.141. The van der Waals surface area contributed by atoms with Gasteiger partial charge in [-0.05, 0) is 76.8 Å². The first-order chi connectivity index (χ1) is 28.6. The number of rotatable bonds is 7. The summed E-state index contributed by atoms with van der Waals surface area (Å²) < 4.78 is 47.3. The van der Waals surface area contributed by atoms with Crippen LogP contribution in [0.15, 0.2) is 36.4 Å². The van der Waals surface area contributed by atoms with Gasteiger partial charge in [0, 0.05) is 51.6 Å². The van der Waals surface area contributed by atoms with E-state index in [9.17, 15) is 32.4 Å². The molecular weight excluding hydrogens is 795 g/mol. The molecule has 7 rings (SSSR count). The predicted octanol–water partition coefficient (Wildman–Crippen LogP) is 2.77. The molecule has 1 saturated carbocycles. The van der Waals surface area contributed by atoms with Crippen molar-refractivity contribution in [1.29, 1.82) is 0 Å². The highest BCUT2D eigenvalue weighted by Crippen LogP contribution is 2.46. The quantitative estimate of drug-likeness (QED) is 0.342. The number of amides is 5. The fourth-order valence-electron chi connectivity index (χ4n) is 9.12. The molecule has 3 N–H and O–H groups in total. The van der Waals surface area contributed by atoms with Crippen molar-refractivity contribution in [1.82, 2.24) is 34.4 Å². The van der Waals surface area contributed by atoms with E-state index in [1.807, 2.05) is 30.4 Å². The molecule has 4 fully saturated rings. The van der Waals surface area contributed by atoms with E-state index in [-0.39, 0.29) is 31.8 Å². The van der Waals surface area contributed by atoms with Crippen molar-refractivity contribution < 1.29 is 46.6 Å². The van der Waals surface area contributed by atoms with Crippen molar-refractivity contribution in [2.75, 3.05) is 59.0 Å². The molecule has 5 heterocycles. The minimum Gasteiger partial charge on any atom is -0.444 e. The highest BCUT2D eigenvalue weighted by atomic mass is 32.2. The van der Waals surface area contributed by atoms with E-state index in [1.54, 1.807) is 25.7 Å². The van der Waals surface area contributed by atoms with Crippen LogP contribution in [0, 0.1) is 5.92 Å². The first kappa shape index (κ1) is 43.8. The second-order valence-corrected chi connectivity index (χ2v) is 19.6. The minimum atomic E-state index is -4.16. The summed E-state index contributed by atoms with van der Waals surface area (Å²) in [6, 6.07) is 5.51. The second kappa shape index (κ2) is 18.4. The second-order valence-electron chi connectivity index (χ2n) is 17.9. The number of hydrogen-bond acceptors (Lipinski definition) is 11. The summed E-state index contributed by atoms with van der Waals surface area (Å²) in [4.78, 5) is 75.9. The molecule has 18 heteroatoms. The summed E-state index contributed by atoms with van der Waals surface area (Å²) >= 11 is 0. The predicted molar refractivity (Wildman–Crippen MR) is 219 cm³/mol. The third kappa shape index (κ3) is 10.3. The van der Waals surface area contributed by atoms with Gasteiger partial charge >= 0.3 is 22.4 Å². The van der Waals surface area contributed by atoms with Crippen LogP contribution < -0.4 is 15.4 Å². The highest BCUT2D eigenvalue weighted by molar-refractivity contribution is 7.87. The zero-order valence-corrected chi connectivity index (χ0v) is 35.9. The van der Waals surface area contributed by atoms with E-state index in [0.29, 0.717) is 71.5 Å². The zero-order chi connectivity index (χ0) is 42.7. The van der Waals surface area contributed by atoms with Crippen LogP contribution in [-0.4, -0.2) is 146 Å². The number of allylic oxidation sites excluding steroid dienone is 1. The van der Waals surface area contributed by atoms with Crippen molar-refractivity contribution in [2.24, 2.45) is 5.92 Å². The molecule has 330 valence electrons. The Kier molecular flexibility index (Phi) is 13.4. The lowest BCUT2D eigenvalue weighted by atomic mass is 9.92. The van der Waals surface area contributed by atoms with Gasteiger partial charge in [0.1, 0.15) is 29.3 Å². The van der Waals surface area contributed by atoms with Gasteiger partial charge in [0.15, 0.2) is 0 Å². The molecule has 5 aliphatic heterocycles. The molecule has 5 amide bonds. The third-order valence-electron chi connectivity index (χ3n) is 12.4. The van der Waals surface area contributed by atoms with Gasteiger partial charge in [0.25, 0.3) is 5.91 Å². The van der Waals surface area contributed by atoms with Crippen LogP contribution in [0.3, 0.4) is 0 Å². The number of morpholine rings is 1. The Morgan fingerprint density at radius 2 is 1.73 bits per heavy atom. The molecule has 3 saturated heterocycles. The van der Waals surface area contributed by atoms with Crippen LogP contribution >= 0.6 is 0 Å². The molecule has 0 bridgehead atoms. The maximum Gasteiger partial charge on any atom is 0.410 e. The Labute approximate surface area is 353 Å². The summed E-state index contributed by atoms with van der Waals surface area (Å²) in [5, 5.41) is 5.61. The van der Waals surface area contributed by atoms with Crippen molar-refractivity contribution in [3.05, 3.63) is 47.5 Å². The van der Waals surface area contributed by atoms with Crippen LogP contribution in [0.1, 0.15) is 95.7 Å². The van der Waals surface area contributed by atoms with Crippen molar-refractivity contribution in [3.8, 4) is 0 Å². The lowest BCUT2D eigenvalue weighted by Gasteiger charge is -2.40. The average molecular weight is 856 g/mol. The highest BCUT2D eigenvalue weighted by Gasteiger charge is 2.62. The number of fused-ring (bicyclic) bond motifs is 3. The van der Waals surface area contributed by atoms with Crippen LogP contribution in [0.2, 0.25) is 0 Å². The molecule has 6 atom stereocenters. The van der Waals surface area contributed by atoms with Crippen molar-refractivity contribution in [2.45, 2.75) is 120 Å². The van der Waals surface area contributed by atoms with Gasteiger partial charge in [-0.15, -0.1) is 0 Å². The fourth-order valence-corrected chi connectivity index (χ4v) is 10.4. The fraction of sp³-hybridized carbons (Fsp3) is 0.690. The van der Waals surface area contributed by atoms with Crippen molar-refractivity contribution in [3.63, 3.8) is 0 Å². The lowest BCUT2D eigenvalue weighted by Crippen LogP contribution is -2.59. The van der Waals surface area contributed by atoms with Crippen molar-refractivity contribution >= 4 is 40.1 Å². The Balaban J connectivity index is 1.15. The largest absolute Gasteiger partial charge is 0.444 e. The van der Waals surface area contributed by atoms with E-state index in [1.165, 1.54) is 9.21 Å². The number of alkyl carbamates (subject to hydrolysis) is 1. The summed E-state index contributed by atoms with van der Waals surface area (Å²) in [6.07, 6.45) is 6.66. The average Bonchev–Trinajstić information content (AvgIpc) is 3.50. The molecule has 0 spiro atoms.